The van der Waals surface area contributed by atoms with Crippen molar-refractivity contribution in [3.63, 3.8) is 0 Å². The van der Waals surface area contributed by atoms with Gasteiger partial charge in [0, 0.05) is 29.8 Å². The number of nitrogens with zero attached hydrogens (tertiary/aromatic N) is 2. The van der Waals surface area contributed by atoms with E-state index in [2.05, 4.69) is 10.3 Å². The predicted molar refractivity (Wildman–Crippen MR) is 93.9 cm³/mol. The lowest BCUT2D eigenvalue weighted by Gasteiger charge is -2.26. The summed E-state index contributed by atoms with van der Waals surface area (Å²) in [5, 5.41) is 3.54. The van der Waals surface area contributed by atoms with E-state index in [0.717, 1.165) is 10.6 Å². The minimum atomic E-state index is -3.63. The van der Waals surface area contributed by atoms with E-state index in [1.807, 2.05) is 0 Å². The van der Waals surface area contributed by atoms with Gasteiger partial charge in [0.05, 0.1) is 17.1 Å². The molecule has 1 aliphatic heterocycles. The molecule has 1 aliphatic rings. The summed E-state index contributed by atoms with van der Waals surface area (Å²) in [5.74, 6) is -0.194. The molecule has 3 rings (SSSR count). The van der Waals surface area contributed by atoms with E-state index < -0.39 is 10.0 Å². The fourth-order valence-corrected chi connectivity index (χ4v) is 5.62. The maximum absolute atomic E-state index is 12.9. The first-order valence-electron chi connectivity index (χ1n) is 7.30. The van der Waals surface area contributed by atoms with Crippen LogP contribution in [0.1, 0.15) is 23.1 Å². The van der Waals surface area contributed by atoms with Gasteiger partial charge in [-0.2, -0.15) is 4.31 Å². The molecular formula is C15H16ClN3O3S2. The number of amides is 1. The molecule has 0 unspecified atom stereocenters. The molecule has 1 aromatic heterocycles. The molecular weight excluding hydrogens is 370 g/mol. The Morgan fingerprint density at radius 1 is 1.42 bits per heavy atom. The number of hydrogen-bond donors (Lipinski definition) is 1. The number of aromatic nitrogens is 1. The first kappa shape index (κ1) is 17.3. The summed E-state index contributed by atoms with van der Waals surface area (Å²) in [6, 6.07) is 4.86. The van der Waals surface area contributed by atoms with Gasteiger partial charge >= 0.3 is 0 Å². The van der Waals surface area contributed by atoms with E-state index in [1.54, 1.807) is 19.1 Å². The Hall–Kier alpha value is -1.48. The quantitative estimate of drug-likeness (QED) is 0.881. The molecule has 128 valence electrons. The summed E-state index contributed by atoms with van der Waals surface area (Å²) in [5.41, 5.74) is 1.51. The summed E-state index contributed by atoms with van der Waals surface area (Å²) in [6.45, 7) is 3.77. The number of thiazole rings is 1. The number of rotatable bonds is 3. The Labute approximate surface area is 149 Å². The van der Waals surface area contributed by atoms with Crippen molar-refractivity contribution in [1.82, 2.24) is 9.29 Å². The fraction of sp³-hybridized carbons (Fsp3) is 0.333. The van der Waals surface area contributed by atoms with Crippen LogP contribution in [-0.2, 0) is 27.8 Å². The summed E-state index contributed by atoms with van der Waals surface area (Å²) in [4.78, 5) is 16.6. The molecule has 24 heavy (non-hydrogen) atoms. The third-order valence-electron chi connectivity index (χ3n) is 3.75. The van der Waals surface area contributed by atoms with Crippen molar-refractivity contribution >= 4 is 44.0 Å². The van der Waals surface area contributed by atoms with Gasteiger partial charge in [0.15, 0.2) is 5.13 Å². The standard InChI is InChI=1S/C15H16ClN3O3S2/c1-9-3-4-11(16)7-14(9)24(21,22)19-6-5-12-13(8-19)23-15(18-12)17-10(2)20/h3-4,7H,5-6,8H2,1-2H3,(H,17,18,20). The van der Waals surface area contributed by atoms with Gasteiger partial charge in [0.1, 0.15) is 0 Å². The Kier molecular flexibility index (Phi) is 4.65. The highest BCUT2D eigenvalue weighted by Gasteiger charge is 2.31. The molecule has 1 amide bonds. The molecule has 1 aromatic carbocycles. The van der Waals surface area contributed by atoms with Crippen LogP contribution >= 0.6 is 22.9 Å². The molecule has 0 radical (unpaired) electrons. The van der Waals surface area contributed by atoms with Crippen LogP contribution < -0.4 is 5.32 Å². The van der Waals surface area contributed by atoms with E-state index >= 15 is 0 Å². The topological polar surface area (TPSA) is 79.4 Å². The van der Waals surface area contributed by atoms with E-state index in [0.29, 0.717) is 28.7 Å². The monoisotopic (exact) mass is 385 g/mol. The molecule has 2 heterocycles. The number of aryl methyl sites for hydroxylation is 1. The van der Waals surface area contributed by atoms with Gasteiger partial charge in [-0.25, -0.2) is 13.4 Å². The number of sulfonamides is 1. The zero-order valence-electron chi connectivity index (χ0n) is 13.2. The van der Waals surface area contributed by atoms with Gasteiger partial charge in [-0.05, 0) is 24.6 Å². The van der Waals surface area contributed by atoms with Crippen molar-refractivity contribution in [3.8, 4) is 0 Å². The van der Waals surface area contributed by atoms with Crippen LogP contribution in [-0.4, -0.2) is 30.2 Å². The lowest BCUT2D eigenvalue weighted by molar-refractivity contribution is -0.114. The molecule has 1 N–H and O–H groups in total. The number of fused-ring (bicyclic) bond motifs is 1. The van der Waals surface area contributed by atoms with E-state index in [4.69, 9.17) is 11.6 Å². The van der Waals surface area contributed by atoms with Crippen molar-refractivity contribution in [2.24, 2.45) is 0 Å². The molecule has 0 saturated heterocycles. The van der Waals surface area contributed by atoms with Gasteiger partial charge in [-0.3, -0.25) is 4.79 Å². The molecule has 9 heteroatoms. The van der Waals surface area contributed by atoms with Crippen molar-refractivity contribution in [3.05, 3.63) is 39.4 Å². The average Bonchev–Trinajstić information content (AvgIpc) is 2.89. The molecule has 2 aromatic rings. The molecule has 6 nitrogen and oxygen atoms in total. The largest absolute Gasteiger partial charge is 0.302 e. The highest BCUT2D eigenvalue weighted by Crippen LogP contribution is 2.32. The zero-order valence-corrected chi connectivity index (χ0v) is 15.6. The summed E-state index contributed by atoms with van der Waals surface area (Å²) >= 11 is 7.27. The van der Waals surface area contributed by atoms with Crippen LogP contribution in [0.15, 0.2) is 23.1 Å². The number of carbonyl (C=O) groups excluding carboxylic acids is 1. The molecule has 0 aliphatic carbocycles. The van der Waals surface area contributed by atoms with Gasteiger partial charge in [-0.1, -0.05) is 17.7 Å². The third kappa shape index (κ3) is 3.32. The van der Waals surface area contributed by atoms with Crippen molar-refractivity contribution in [2.45, 2.75) is 31.7 Å². The number of nitrogens with one attached hydrogen (secondary N) is 1. The third-order valence-corrected chi connectivity index (χ3v) is 6.97. The lowest BCUT2D eigenvalue weighted by Crippen LogP contribution is -2.35. The maximum Gasteiger partial charge on any atom is 0.243 e. The van der Waals surface area contributed by atoms with Crippen LogP contribution in [0.3, 0.4) is 0 Å². The number of hydrogen-bond acceptors (Lipinski definition) is 5. The van der Waals surface area contributed by atoms with Crippen molar-refractivity contribution in [1.29, 1.82) is 0 Å². The number of carbonyl (C=O) groups is 1. The second-order valence-corrected chi connectivity index (χ2v) is 8.99. The minimum absolute atomic E-state index is 0.194. The van der Waals surface area contributed by atoms with Gasteiger partial charge < -0.3 is 5.32 Å². The molecule has 0 atom stereocenters. The number of benzene rings is 1. The summed E-state index contributed by atoms with van der Waals surface area (Å²) in [6.07, 6.45) is 0.518. The van der Waals surface area contributed by atoms with E-state index in [9.17, 15) is 13.2 Å². The highest BCUT2D eigenvalue weighted by atomic mass is 35.5. The van der Waals surface area contributed by atoms with Crippen LogP contribution in [0.2, 0.25) is 5.02 Å². The van der Waals surface area contributed by atoms with E-state index in [-0.39, 0.29) is 17.3 Å². The van der Waals surface area contributed by atoms with Crippen LogP contribution in [0.4, 0.5) is 5.13 Å². The van der Waals surface area contributed by atoms with Gasteiger partial charge in [0.25, 0.3) is 0 Å². The first-order chi connectivity index (χ1) is 11.3. The minimum Gasteiger partial charge on any atom is -0.302 e. The Balaban J connectivity index is 1.90. The Morgan fingerprint density at radius 3 is 2.88 bits per heavy atom. The second kappa shape index (κ2) is 6.44. The number of anilines is 1. The second-order valence-electron chi connectivity index (χ2n) is 5.57. The first-order valence-corrected chi connectivity index (χ1v) is 9.93. The van der Waals surface area contributed by atoms with Crippen molar-refractivity contribution < 1.29 is 13.2 Å². The Bertz CT molecular complexity index is 909. The zero-order chi connectivity index (χ0) is 17.5. The molecule has 0 saturated carbocycles. The molecule has 0 spiro atoms. The SMILES string of the molecule is CC(=O)Nc1nc2c(s1)CN(S(=O)(=O)c1cc(Cl)ccc1C)CC2. The smallest absolute Gasteiger partial charge is 0.243 e. The van der Waals surface area contributed by atoms with Crippen LogP contribution in [0, 0.1) is 6.92 Å². The van der Waals surface area contributed by atoms with Gasteiger partial charge in [-0.15, -0.1) is 11.3 Å². The Morgan fingerprint density at radius 2 is 2.17 bits per heavy atom. The average molecular weight is 386 g/mol. The predicted octanol–water partition coefficient (Wildman–Crippen LogP) is 2.81. The summed E-state index contributed by atoms with van der Waals surface area (Å²) < 4.78 is 27.3. The maximum atomic E-state index is 12.9. The van der Waals surface area contributed by atoms with Crippen LogP contribution in [0.25, 0.3) is 0 Å². The molecule has 0 bridgehead atoms. The normalized spacial score (nSPS) is 15.1. The highest BCUT2D eigenvalue weighted by molar-refractivity contribution is 7.89. The summed E-state index contributed by atoms with van der Waals surface area (Å²) in [7, 11) is -3.63. The van der Waals surface area contributed by atoms with Crippen LogP contribution in [0.5, 0.6) is 0 Å². The fourth-order valence-electron chi connectivity index (χ4n) is 2.57. The number of halogens is 1. The molecule has 0 fully saturated rings. The van der Waals surface area contributed by atoms with E-state index in [1.165, 1.54) is 28.6 Å². The van der Waals surface area contributed by atoms with Crippen molar-refractivity contribution in [2.75, 3.05) is 11.9 Å². The lowest BCUT2D eigenvalue weighted by atomic mass is 10.2. The van der Waals surface area contributed by atoms with Gasteiger partial charge in [0.2, 0.25) is 15.9 Å².